The van der Waals surface area contributed by atoms with Crippen molar-refractivity contribution in [2.24, 2.45) is 7.05 Å². The highest BCUT2D eigenvalue weighted by molar-refractivity contribution is 6.30. The number of nitrogens with one attached hydrogen (secondary N) is 1. The van der Waals surface area contributed by atoms with Crippen LogP contribution in [0.4, 0.5) is 9.18 Å². The summed E-state index contributed by atoms with van der Waals surface area (Å²) in [6.07, 6.45) is 1.56. The molecule has 7 nitrogen and oxygen atoms in total. The second-order valence-corrected chi connectivity index (χ2v) is 8.45. The van der Waals surface area contributed by atoms with Gasteiger partial charge in [-0.1, -0.05) is 11.6 Å². The first-order valence-electron chi connectivity index (χ1n) is 9.77. The molecule has 0 fully saturated rings. The number of halogens is 2. The van der Waals surface area contributed by atoms with Gasteiger partial charge in [0.05, 0.1) is 24.0 Å². The van der Waals surface area contributed by atoms with E-state index in [0.717, 1.165) is 17.3 Å². The number of carbonyl (C=O) groups excluding carboxylic acids is 2. The molecule has 0 aliphatic heterocycles. The molecule has 0 saturated heterocycles. The van der Waals surface area contributed by atoms with Gasteiger partial charge in [0.2, 0.25) is 0 Å². The highest BCUT2D eigenvalue weighted by Gasteiger charge is 2.17. The van der Waals surface area contributed by atoms with Gasteiger partial charge < -0.3 is 19.4 Å². The van der Waals surface area contributed by atoms with Crippen LogP contribution in [0.2, 0.25) is 5.02 Å². The lowest BCUT2D eigenvalue weighted by atomic mass is 10.1. The number of ether oxygens (including phenoxy) is 2. The van der Waals surface area contributed by atoms with E-state index in [0.29, 0.717) is 17.9 Å². The van der Waals surface area contributed by atoms with Crippen molar-refractivity contribution in [2.75, 3.05) is 0 Å². The molecule has 1 amide bonds. The van der Waals surface area contributed by atoms with Crippen molar-refractivity contribution in [1.29, 1.82) is 0 Å². The molecular formula is C23H23ClFN3O4. The maximum absolute atomic E-state index is 13.9. The van der Waals surface area contributed by atoms with Gasteiger partial charge in [0.25, 0.3) is 0 Å². The van der Waals surface area contributed by atoms with Crippen LogP contribution < -0.4 is 10.1 Å². The maximum atomic E-state index is 13.9. The molecule has 0 radical (unpaired) electrons. The molecule has 2 aromatic carbocycles. The number of amides is 1. The summed E-state index contributed by atoms with van der Waals surface area (Å²) in [7, 11) is 1.84. The van der Waals surface area contributed by atoms with Crippen LogP contribution in [-0.2, 0) is 18.3 Å². The second kappa shape index (κ2) is 9.40. The minimum absolute atomic E-state index is 0.0359. The fraction of sp³-hybridized carbons (Fsp3) is 0.261. The zero-order chi connectivity index (χ0) is 23.5. The Labute approximate surface area is 190 Å². The van der Waals surface area contributed by atoms with Crippen LogP contribution in [0, 0.1) is 5.82 Å². The van der Waals surface area contributed by atoms with Crippen molar-refractivity contribution >= 4 is 24.0 Å². The molecule has 0 unspecified atom stereocenters. The number of aromatic nitrogens is 2. The molecule has 0 spiro atoms. The summed E-state index contributed by atoms with van der Waals surface area (Å²) < 4.78 is 26.6. The van der Waals surface area contributed by atoms with Gasteiger partial charge in [-0.3, -0.25) is 4.79 Å². The molecule has 0 bridgehead atoms. The fourth-order valence-electron chi connectivity index (χ4n) is 2.93. The SMILES string of the molecule is Cn1c(-c2ccc(Oc3cc(Cl)cc(F)c3C=O)cc2)cnc1CNC(=O)OC(C)(C)C. The topological polar surface area (TPSA) is 82.5 Å². The van der Waals surface area contributed by atoms with E-state index in [1.165, 1.54) is 6.07 Å². The Kier molecular flexibility index (Phi) is 6.84. The summed E-state index contributed by atoms with van der Waals surface area (Å²) in [6.45, 7) is 5.59. The summed E-state index contributed by atoms with van der Waals surface area (Å²) in [5.74, 6) is 0.346. The third kappa shape index (κ3) is 5.64. The van der Waals surface area contributed by atoms with Gasteiger partial charge in [0.15, 0.2) is 6.29 Å². The van der Waals surface area contributed by atoms with Gasteiger partial charge >= 0.3 is 6.09 Å². The average molecular weight is 460 g/mol. The lowest BCUT2D eigenvalue weighted by Gasteiger charge is -2.19. The summed E-state index contributed by atoms with van der Waals surface area (Å²) in [5.41, 5.74) is 0.889. The Morgan fingerprint density at radius 2 is 1.94 bits per heavy atom. The van der Waals surface area contributed by atoms with Crippen LogP contribution in [0.25, 0.3) is 11.3 Å². The Hall–Kier alpha value is -3.39. The van der Waals surface area contributed by atoms with E-state index in [-0.39, 0.29) is 22.9 Å². The molecule has 1 heterocycles. The van der Waals surface area contributed by atoms with Gasteiger partial charge in [0, 0.05) is 23.7 Å². The first kappa shape index (κ1) is 23.3. The molecule has 0 saturated carbocycles. The molecule has 0 aliphatic rings. The predicted molar refractivity (Wildman–Crippen MR) is 119 cm³/mol. The Morgan fingerprint density at radius 3 is 2.56 bits per heavy atom. The van der Waals surface area contributed by atoms with Crippen molar-refractivity contribution in [1.82, 2.24) is 14.9 Å². The quantitative estimate of drug-likeness (QED) is 0.491. The van der Waals surface area contributed by atoms with Crippen molar-refractivity contribution in [3.63, 3.8) is 0 Å². The van der Waals surface area contributed by atoms with E-state index in [1.54, 1.807) is 51.2 Å². The monoisotopic (exact) mass is 459 g/mol. The van der Waals surface area contributed by atoms with Crippen LogP contribution in [0.3, 0.4) is 0 Å². The third-order valence-corrected chi connectivity index (χ3v) is 4.64. The van der Waals surface area contributed by atoms with Crippen LogP contribution in [0.1, 0.15) is 37.0 Å². The van der Waals surface area contributed by atoms with E-state index < -0.39 is 17.5 Å². The normalized spacial score (nSPS) is 11.2. The average Bonchev–Trinajstić information content (AvgIpc) is 3.06. The lowest BCUT2D eigenvalue weighted by molar-refractivity contribution is 0.0521. The first-order valence-corrected chi connectivity index (χ1v) is 10.1. The van der Waals surface area contributed by atoms with Gasteiger partial charge in [-0.2, -0.15) is 0 Å². The summed E-state index contributed by atoms with van der Waals surface area (Å²) in [5, 5.41) is 2.81. The van der Waals surface area contributed by atoms with E-state index in [2.05, 4.69) is 10.3 Å². The number of nitrogens with zero attached hydrogens (tertiary/aromatic N) is 2. The van der Waals surface area contributed by atoms with E-state index in [9.17, 15) is 14.0 Å². The molecule has 1 N–H and O–H groups in total. The van der Waals surface area contributed by atoms with Gasteiger partial charge in [-0.15, -0.1) is 0 Å². The number of benzene rings is 2. The summed E-state index contributed by atoms with van der Waals surface area (Å²) in [6, 6.07) is 9.42. The molecule has 3 aromatic rings. The highest BCUT2D eigenvalue weighted by Crippen LogP contribution is 2.31. The van der Waals surface area contributed by atoms with Crippen LogP contribution >= 0.6 is 11.6 Å². The largest absolute Gasteiger partial charge is 0.456 e. The van der Waals surface area contributed by atoms with Crippen molar-refractivity contribution in [3.05, 3.63) is 64.8 Å². The predicted octanol–water partition coefficient (Wildman–Crippen LogP) is 5.51. The molecule has 32 heavy (non-hydrogen) atoms. The van der Waals surface area contributed by atoms with E-state index >= 15 is 0 Å². The molecule has 0 atom stereocenters. The van der Waals surface area contributed by atoms with Crippen LogP contribution in [-0.4, -0.2) is 27.5 Å². The van der Waals surface area contributed by atoms with Crippen LogP contribution in [0.15, 0.2) is 42.6 Å². The zero-order valence-corrected chi connectivity index (χ0v) is 18.9. The van der Waals surface area contributed by atoms with Gasteiger partial charge in [0.1, 0.15) is 28.7 Å². The fourth-order valence-corrected chi connectivity index (χ4v) is 3.12. The lowest BCUT2D eigenvalue weighted by Crippen LogP contribution is -2.32. The van der Waals surface area contributed by atoms with E-state index in [4.69, 9.17) is 21.1 Å². The second-order valence-electron chi connectivity index (χ2n) is 8.02. The first-order chi connectivity index (χ1) is 15.1. The number of imidazole rings is 1. The molecule has 0 aliphatic carbocycles. The molecule has 168 valence electrons. The van der Waals surface area contributed by atoms with Crippen molar-refractivity contribution in [3.8, 4) is 22.8 Å². The van der Waals surface area contributed by atoms with Crippen LogP contribution in [0.5, 0.6) is 11.5 Å². The Morgan fingerprint density at radius 1 is 1.25 bits per heavy atom. The van der Waals surface area contributed by atoms with Crippen molar-refractivity contribution in [2.45, 2.75) is 32.9 Å². The number of alkyl carbamates (subject to hydrolysis) is 1. The zero-order valence-electron chi connectivity index (χ0n) is 18.1. The molecular weight excluding hydrogens is 437 g/mol. The number of carbonyl (C=O) groups is 2. The summed E-state index contributed by atoms with van der Waals surface area (Å²) >= 11 is 5.87. The van der Waals surface area contributed by atoms with Gasteiger partial charge in [-0.25, -0.2) is 14.2 Å². The smallest absolute Gasteiger partial charge is 0.408 e. The van der Waals surface area contributed by atoms with E-state index in [1.807, 2.05) is 11.6 Å². The minimum atomic E-state index is -0.749. The van der Waals surface area contributed by atoms with Gasteiger partial charge in [-0.05, 0) is 51.1 Å². The number of hydrogen-bond donors (Lipinski definition) is 1. The maximum Gasteiger partial charge on any atom is 0.408 e. The molecule has 1 aromatic heterocycles. The molecule has 3 rings (SSSR count). The Balaban J connectivity index is 1.72. The number of hydrogen-bond acceptors (Lipinski definition) is 5. The standard InChI is InChI=1S/C23H23ClFN3O4/c1-23(2,3)32-22(30)27-12-21-26-11-19(28(21)4)14-5-7-16(8-6-14)31-20-10-15(24)9-18(25)17(20)13-29/h5-11,13H,12H2,1-4H3,(H,27,30). The number of aldehydes is 1. The third-order valence-electron chi connectivity index (χ3n) is 4.43. The van der Waals surface area contributed by atoms with Crippen molar-refractivity contribution < 1.29 is 23.5 Å². The highest BCUT2D eigenvalue weighted by atomic mass is 35.5. The minimum Gasteiger partial charge on any atom is -0.456 e. The Bertz CT molecular complexity index is 1140. The number of rotatable bonds is 6. The molecule has 9 heteroatoms. The summed E-state index contributed by atoms with van der Waals surface area (Å²) in [4.78, 5) is 27.4.